The lowest BCUT2D eigenvalue weighted by Gasteiger charge is -2.16. The van der Waals surface area contributed by atoms with E-state index in [1.807, 2.05) is 49.4 Å². The third kappa shape index (κ3) is 4.14. The van der Waals surface area contributed by atoms with E-state index in [-0.39, 0.29) is 6.54 Å². The number of pyridine rings is 1. The second kappa shape index (κ2) is 8.45. The van der Waals surface area contributed by atoms with Gasteiger partial charge in [0.1, 0.15) is 11.6 Å². The zero-order valence-electron chi connectivity index (χ0n) is 15.2. The van der Waals surface area contributed by atoms with Crippen LogP contribution in [-0.4, -0.2) is 12.1 Å². The Morgan fingerprint density at radius 2 is 1.85 bits per heavy atom. The highest BCUT2D eigenvalue weighted by atomic mass is 19.1. The fourth-order valence-corrected chi connectivity index (χ4v) is 2.94. The summed E-state index contributed by atoms with van der Waals surface area (Å²) in [5, 5.41) is 3.25. The van der Waals surface area contributed by atoms with Crippen molar-refractivity contribution in [1.82, 2.24) is 4.98 Å². The maximum Gasteiger partial charge on any atom is 0.221 e. The number of nitrogens with one attached hydrogen (secondary N) is 1. The molecule has 2 aromatic carbocycles. The number of ether oxygens (including phenoxy) is 1. The minimum atomic E-state index is -0.587. The molecule has 0 unspecified atom stereocenters. The first-order chi connectivity index (χ1) is 13.1. The van der Waals surface area contributed by atoms with Crippen molar-refractivity contribution in [3.63, 3.8) is 0 Å². The summed E-state index contributed by atoms with van der Waals surface area (Å²) in [5.41, 5.74) is 3.98. The molecule has 0 saturated heterocycles. The van der Waals surface area contributed by atoms with Gasteiger partial charge in [0.25, 0.3) is 0 Å². The molecular formula is C22H20F2N2O. The van der Waals surface area contributed by atoms with Gasteiger partial charge in [-0.2, -0.15) is 0 Å². The Bertz CT molecular complexity index is 970. The molecule has 0 radical (unpaired) electrons. The van der Waals surface area contributed by atoms with E-state index in [0.29, 0.717) is 11.4 Å². The molecule has 0 aliphatic rings. The van der Waals surface area contributed by atoms with Gasteiger partial charge in [0.15, 0.2) is 0 Å². The van der Waals surface area contributed by atoms with Crippen LogP contribution in [0.2, 0.25) is 0 Å². The third-order valence-corrected chi connectivity index (χ3v) is 4.24. The molecule has 0 saturated carbocycles. The number of aromatic nitrogens is 1. The maximum absolute atomic E-state index is 13.9. The number of rotatable bonds is 6. The van der Waals surface area contributed by atoms with E-state index in [2.05, 4.69) is 10.3 Å². The normalized spacial score (nSPS) is 11.3. The summed E-state index contributed by atoms with van der Waals surface area (Å²) in [6.07, 6.45) is 3.66. The van der Waals surface area contributed by atoms with Crippen molar-refractivity contribution in [2.24, 2.45) is 0 Å². The van der Waals surface area contributed by atoms with Gasteiger partial charge in [-0.25, -0.2) is 13.8 Å². The summed E-state index contributed by atoms with van der Waals surface area (Å²) in [6, 6.07) is 15.1. The van der Waals surface area contributed by atoms with Crippen molar-refractivity contribution in [3.8, 4) is 5.88 Å². The van der Waals surface area contributed by atoms with E-state index in [1.54, 1.807) is 13.3 Å². The Labute approximate surface area is 157 Å². The average Bonchev–Trinajstić information content (AvgIpc) is 2.69. The molecule has 1 N–H and O–H groups in total. The van der Waals surface area contributed by atoms with Crippen LogP contribution in [0, 0.1) is 11.6 Å². The van der Waals surface area contributed by atoms with Crippen LogP contribution in [0.5, 0.6) is 5.88 Å². The molecular weight excluding hydrogens is 346 g/mol. The van der Waals surface area contributed by atoms with Crippen molar-refractivity contribution >= 4 is 11.3 Å². The largest absolute Gasteiger partial charge is 0.481 e. The lowest BCUT2D eigenvalue weighted by Crippen LogP contribution is -2.05. The number of hydrogen-bond acceptors (Lipinski definition) is 3. The molecule has 3 rings (SSSR count). The Hall–Kier alpha value is -3.21. The van der Waals surface area contributed by atoms with Gasteiger partial charge >= 0.3 is 0 Å². The second-order valence-electron chi connectivity index (χ2n) is 5.90. The maximum atomic E-state index is 13.9. The number of halogens is 2. The van der Waals surface area contributed by atoms with Crippen molar-refractivity contribution < 1.29 is 13.5 Å². The first kappa shape index (κ1) is 18.6. The Balaban J connectivity index is 1.93. The first-order valence-corrected chi connectivity index (χ1v) is 8.57. The van der Waals surface area contributed by atoms with Crippen LogP contribution in [0.1, 0.15) is 23.6 Å². The molecule has 3 aromatic rings. The van der Waals surface area contributed by atoms with Crippen LogP contribution in [0.3, 0.4) is 0 Å². The molecule has 1 heterocycles. The highest BCUT2D eigenvalue weighted by molar-refractivity contribution is 5.87. The van der Waals surface area contributed by atoms with Gasteiger partial charge in [-0.3, -0.25) is 0 Å². The first-order valence-electron chi connectivity index (χ1n) is 8.57. The molecule has 138 valence electrons. The van der Waals surface area contributed by atoms with Crippen LogP contribution < -0.4 is 10.1 Å². The summed E-state index contributed by atoms with van der Waals surface area (Å²) in [7, 11) is 1.58. The van der Waals surface area contributed by atoms with Gasteiger partial charge in [-0.1, -0.05) is 30.3 Å². The van der Waals surface area contributed by atoms with Gasteiger partial charge in [0.2, 0.25) is 5.88 Å². The summed E-state index contributed by atoms with van der Waals surface area (Å²) < 4.78 is 32.4. The molecule has 0 amide bonds. The molecule has 0 atom stereocenters. The molecule has 0 fully saturated rings. The predicted octanol–water partition coefficient (Wildman–Crippen LogP) is 5.43. The lowest BCUT2D eigenvalue weighted by molar-refractivity contribution is 0.396. The Morgan fingerprint density at radius 3 is 2.59 bits per heavy atom. The van der Waals surface area contributed by atoms with E-state index in [0.717, 1.165) is 28.5 Å². The van der Waals surface area contributed by atoms with Crippen molar-refractivity contribution in [1.29, 1.82) is 0 Å². The number of anilines is 1. The quantitative estimate of drug-likeness (QED) is 0.631. The number of nitrogens with zero attached hydrogens (tertiary/aromatic N) is 1. The number of benzene rings is 2. The minimum absolute atomic E-state index is 0.240. The van der Waals surface area contributed by atoms with Crippen LogP contribution in [0.4, 0.5) is 14.5 Å². The van der Waals surface area contributed by atoms with Crippen LogP contribution >= 0.6 is 0 Å². The van der Waals surface area contributed by atoms with Crippen LogP contribution in [0.25, 0.3) is 5.57 Å². The van der Waals surface area contributed by atoms with Gasteiger partial charge in [0.05, 0.1) is 7.11 Å². The standard InChI is InChI=1S/C22H20F2N2O/c1-3-17(19-8-6-12-25-22(19)27-2)18-7-4-5-9-21(18)26-14-15-10-11-16(23)13-20(15)24/h3-13,26H,14H2,1-2H3/b17-3-. The molecule has 27 heavy (non-hydrogen) atoms. The molecule has 0 aliphatic heterocycles. The summed E-state index contributed by atoms with van der Waals surface area (Å²) in [5.74, 6) is -0.623. The Morgan fingerprint density at radius 1 is 1.07 bits per heavy atom. The van der Waals surface area contributed by atoms with Crippen molar-refractivity contribution in [3.05, 3.63) is 95.2 Å². The topological polar surface area (TPSA) is 34.2 Å². The van der Waals surface area contributed by atoms with Crippen molar-refractivity contribution in [2.45, 2.75) is 13.5 Å². The smallest absolute Gasteiger partial charge is 0.221 e. The Kier molecular flexibility index (Phi) is 5.81. The molecule has 0 spiro atoms. The second-order valence-corrected chi connectivity index (χ2v) is 5.90. The number of hydrogen-bond donors (Lipinski definition) is 1. The number of allylic oxidation sites excluding steroid dienone is 1. The molecule has 3 nitrogen and oxygen atoms in total. The fraction of sp³-hybridized carbons (Fsp3) is 0.136. The van der Waals surface area contributed by atoms with E-state index in [9.17, 15) is 8.78 Å². The van der Waals surface area contributed by atoms with Gasteiger partial charge < -0.3 is 10.1 Å². The van der Waals surface area contributed by atoms with Gasteiger partial charge in [0, 0.05) is 41.2 Å². The van der Waals surface area contributed by atoms with Crippen LogP contribution in [0.15, 0.2) is 66.9 Å². The van der Waals surface area contributed by atoms with Crippen LogP contribution in [-0.2, 0) is 6.54 Å². The minimum Gasteiger partial charge on any atom is -0.481 e. The SMILES string of the molecule is C/C=C(/c1ccccc1NCc1ccc(F)cc1F)c1cccnc1OC. The van der Waals surface area contributed by atoms with E-state index in [1.165, 1.54) is 12.1 Å². The highest BCUT2D eigenvalue weighted by Crippen LogP contribution is 2.33. The van der Waals surface area contributed by atoms with Gasteiger partial charge in [-0.05, 0) is 36.8 Å². The highest BCUT2D eigenvalue weighted by Gasteiger charge is 2.14. The predicted molar refractivity (Wildman–Crippen MR) is 104 cm³/mol. The summed E-state index contributed by atoms with van der Waals surface area (Å²) in [4.78, 5) is 4.27. The fourth-order valence-electron chi connectivity index (χ4n) is 2.94. The molecule has 1 aromatic heterocycles. The van der Waals surface area contributed by atoms with E-state index < -0.39 is 11.6 Å². The lowest BCUT2D eigenvalue weighted by atomic mass is 9.97. The molecule has 5 heteroatoms. The van der Waals surface area contributed by atoms with Gasteiger partial charge in [-0.15, -0.1) is 0 Å². The number of para-hydroxylation sites is 1. The third-order valence-electron chi connectivity index (χ3n) is 4.24. The van der Waals surface area contributed by atoms with E-state index >= 15 is 0 Å². The van der Waals surface area contributed by atoms with Crippen molar-refractivity contribution in [2.75, 3.05) is 12.4 Å². The summed E-state index contributed by atoms with van der Waals surface area (Å²) in [6.45, 7) is 2.18. The molecule has 0 bridgehead atoms. The average molecular weight is 366 g/mol. The zero-order valence-corrected chi connectivity index (χ0v) is 15.2. The zero-order chi connectivity index (χ0) is 19.2. The monoisotopic (exact) mass is 366 g/mol. The molecule has 0 aliphatic carbocycles. The van der Waals surface area contributed by atoms with E-state index in [4.69, 9.17) is 4.74 Å². The number of methoxy groups -OCH3 is 1. The summed E-state index contributed by atoms with van der Waals surface area (Å²) >= 11 is 0.